The molecule has 164 valence electrons. The van der Waals surface area contributed by atoms with Gasteiger partial charge in [0.15, 0.2) is 0 Å². The number of benzene rings is 3. The van der Waals surface area contributed by atoms with E-state index in [1.165, 1.54) is 29.2 Å². The van der Waals surface area contributed by atoms with E-state index in [9.17, 15) is 27.9 Å². The fourth-order valence-electron chi connectivity index (χ4n) is 3.84. The predicted octanol–water partition coefficient (Wildman–Crippen LogP) is 2.89. The van der Waals surface area contributed by atoms with E-state index in [0.29, 0.717) is 29.4 Å². The van der Waals surface area contributed by atoms with Crippen LogP contribution in [0.25, 0.3) is 10.8 Å². The number of imide groups is 1. The molecule has 0 unspecified atom stereocenters. The fraction of sp³-hybridized carbons (Fsp3) is 0.174. The number of carbonyl (C=O) groups is 3. The Balaban J connectivity index is 1.39. The lowest BCUT2D eigenvalue weighted by atomic mass is 9.94. The Hall–Kier alpha value is -3.56. The molecule has 0 spiro atoms. The molecule has 0 saturated heterocycles. The lowest BCUT2D eigenvalue weighted by Crippen LogP contribution is -2.41. The summed E-state index contributed by atoms with van der Waals surface area (Å²) < 4.78 is 27.3. The minimum atomic E-state index is -4.01. The first kappa shape index (κ1) is 21.7. The molecule has 1 aliphatic rings. The van der Waals surface area contributed by atoms with Gasteiger partial charge in [0.05, 0.1) is 10.5 Å². The van der Waals surface area contributed by atoms with Gasteiger partial charge < -0.3 is 5.11 Å². The van der Waals surface area contributed by atoms with Gasteiger partial charge in [0.1, 0.15) is 0 Å². The second kappa shape index (κ2) is 8.52. The lowest BCUT2D eigenvalue weighted by Gasteiger charge is -2.27. The molecule has 0 aliphatic carbocycles. The highest BCUT2D eigenvalue weighted by Gasteiger charge is 2.32. The Labute approximate surface area is 184 Å². The van der Waals surface area contributed by atoms with Crippen molar-refractivity contribution < 1.29 is 27.9 Å². The molecule has 0 aromatic heterocycles. The molecule has 0 bridgehead atoms. The largest absolute Gasteiger partial charge is 0.478 e. The number of unbranched alkanes of at least 4 members (excludes halogenated alkanes) is 1. The normalized spacial score (nSPS) is 13.6. The van der Waals surface area contributed by atoms with E-state index in [1.54, 1.807) is 24.3 Å². The van der Waals surface area contributed by atoms with Crippen molar-refractivity contribution in [2.24, 2.45) is 0 Å². The fourth-order valence-corrected chi connectivity index (χ4v) is 5.11. The molecule has 4 rings (SSSR count). The van der Waals surface area contributed by atoms with Crippen LogP contribution in [0.4, 0.5) is 0 Å². The highest BCUT2D eigenvalue weighted by atomic mass is 32.2. The molecule has 3 aromatic carbocycles. The van der Waals surface area contributed by atoms with Crippen molar-refractivity contribution in [3.05, 3.63) is 77.4 Å². The SMILES string of the molecule is O=C(O)c1ccccc1S(=O)(=O)NCCCCN1C(=O)c2cccc3cccc(c23)C1=O. The van der Waals surface area contributed by atoms with Gasteiger partial charge in [0.25, 0.3) is 11.8 Å². The highest BCUT2D eigenvalue weighted by molar-refractivity contribution is 7.89. The van der Waals surface area contributed by atoms with Gasteiger partial charge in [-0.25, -0.2) is 17.9 Å². The van der Waals surface area contributed by atoms with Crippen LogP contribution in [-0.4, -0.2) is 49.3 Å². The molecule has 0 atom stereocenters. The molecule has 0 saturated carbocycles. The molecular weight excluding hydrogens is 432 g/mol. The average molecular weight is 452 g/mol. The number of hydrogen-bond acceptors (Lipinski definition) is 5. The smallest absolute Gasteiger partial charge is 0.337 e. The van der Waals surface area contributed by atoms with Crippen LogP contribution in [0, 0.1) is 0 Å². The van der Waals surface area contributed by atoms with Crippen LogP contribution in [-0.2, 0) is 10.0 Å². The minimum absolute atomic E-state index is 0.0404. The van der Waals surface area contributed by atoms with Crippen LogP contribution in [0.5, 0.6) is 0 Å². The Morgan fingerprint density at radius 2 is 1.50 bits per heavy atom. The van der Waals surface area contributed by atoms with Crippen LogP contribution in [0.2, 0.25) is 0 Å². The quantitative estimate of drug-likeness (QED) is 0.400. The van der Waals surface area contributed by atoms with Crippen molar-refractivity contribution in [1.29, 1.82) is 0 Å². The third-order valence-electron chi connectivity index (χ3n) is 5.36. The van der Waals surface area contributed by atoms with Crippen molar-refractivity contribution in [3.8, 4) is 0 Å². The third-order valence-corrected chi connectivity index (χ3v) is 6.88. The number of hydrogen-bond donors (Lipinski definition) is 2. The summed E-state index contributed by atoms with van der Waals surface area (Å²) in [5, 5.41) is 10.7. The van der Waals surface area contributed by atoms with Gasteiger partial charge in [-0.3, -0.25) is 14.5 Å². The van der Waals surface area contributed by atoms with E-state index in [0.717, 1.165) is 5.39 Å². The number of nitrogens with one attached hydrogen (secondary N) is 1. The number of carboxylic acid groups (broad SMARTS) is 1. The number of nitrogens with zero attached hydrogens (tertiary/aromatic N) is 1. The first-order chi connectivity index (χ1) is 15.3. The number of carboxylic acids is 1. The molecule has 2 amide bonds. The van der Waals surface area contributed by atoms with Crippen molar-refractivity contribution in [3.63, 3.8) is 0 Å². The summed E-state index contributed by atoms with van der Waals surface area (Å²) in [4.78, 5) is 37.9. The maximum atomic E-state index is 12.9. The predicted molar refractivity (Wildman–Crippen MR) is 117 cm³/mol. The molecule has 8 nitrogen and oxygen atoms in total. The molecule has 0 fully saturated rings. The van der Waals surface area contributed by atoms with E-state index in [-0.39, 0.29) is 35.4 Å². The standard InChI is InChI=1S/C23H20N2O6S/c26-21-17-10-5-7-15-8-6-11-18(20(15)17)22(27)25(21)14-4-3-13-24-32(30,31)19-12-2-1-9-16(19)23(28)29/h1-2,5-12,24H,3-4,13-14H2,(H,28,29). The van der Waals surface area contributed by atoms with Gasteiger partial charge >= 0.3 is 5.97 Å². The van der Waals surface area contributed by atoms with Gasteiger partial charge in [-0.2, -0.15) is 0 Å². The van der Waals surface area contributed by atoms with Crippen molar-refractivity contribution >= 4 is 38.6 Å². The molecule has 0 radical (unpaired) electrons. The Morgan fingerprint density at radius 3 is 2.12 bits per heavy atom. The van der Waals surface area contributed by atoms with E-state index in [1.807, 2.05) is 12.1 Å². The van der Waals surface area contributed by atoms with Crippen molar-refractivity contribution in [2.45, 2.75) is 17.7 Å². The highest BCUT2D eigenvalue weighted by Crippen LogP contribution is 2.30. The molecule has 1 aliphatic heterocycles. The Morgan fingerprint density at radius 1 is 0.875 bits per heavy atom. The summed E-state index contributed by atoms with van der Waals surface area (Å²) in [5.41, 5.74) is 0.643. The maximum absolute atomic E-state index is 12.9. The van der Waals surface area contributed by atoms with Gasteiger partial charge in [0, 0.05) is 29.6 Å². The summed E-state index contributed by atoms with van der Waals surface area (Å²) in [6.45, 7) is 0.189. The Kier molecular flexibility index (Phi) is 5.77. The number of aromatic carboxylic acids is 1. The summed E-state index contributed by atoms with van der Waals surface area (Å²) in [5.74, 6) is -2.06. The van der Waals surface area contributed by atoms with Gasteiger partial charge in [-0.1, -0.05) is 36.4 Å². The summed E-state index contributed by atoms with van der Waals surface area (Å²) >= 11 is 0. The van der Waals surface area contributed by atoms with Gasteiger partial charge in [-0.05, 0) is 42.5 Å². The molecule has 3 aromatic rings. The monoisotopic (exact) mass is 452 g/mol. The summed E-state index contributed by atoms with van der Waals surface area (Å²) in [6, 6.07) is 16.0. The van der Waals surface area contributed by atoms with Crippen LogP contribution < -0.4 is 4.72 Å². The molecule has 2 N–H and O–H groups in total. The zero-order valence-corrected chi connectivity index (χ0v) is 17.8. The number of sulfonamides is 1. The van der Waals surface area contributed by atoms with Gasteiger partial charge in [0.2, 0.25) is 10.0 Å². The number of carbonyl (C=O) groups excluding carboxylic acids is 2. The molecule has 9 heteroatoms. The maximum Gasteiger partial charge on any atom is 0.337 e. The molecule has 32 heavy (non-hydrogen) atoms. The zero-order valence-electron chi connectivity index (χ0n) is 16.9. The molecule has 1 heterocycles. The van der Waals surface area contributed by atoms with Gasteiger partial charge in [-0.15, -0.1) is 0 Å². The van der Waals surface area contributed by atoms with Crippen molar-refractivity contribution in [2.75, 3.05) is 13.1 Å². The summed E-state index contributed by atoms with van der Waals surface area (Å²) in [7, 11) is -4.01. The average Bonchev–Trinajstić information content (AvgIpc) is 2.79. The number of amides is 2. The second-order valence-electron chi connectivity index (χ2n) is 7.38. The van der Waals surface area contributed by atoms with E-state index < -0.39 is 16.0 Å². The zero-order chi connectivity index (χ0) is 22.9. The molecular formula is C23H20N2O6S. The Bertz CT molecular complexity index is 1300. The topological polar surface area (TPSA) is 121 Å². The van der Waals surface area contributed by atoms with E-state index in [2.05, 4.69) is 4.72 Å². The number of rotatable bonds is 8. The minimum Gasteiger partial charge on any atom is -0.478 e. The first-order valence-electron chi connectivity index (χ1n) is 10.0. The third kappa shape index (κ3) is 3.88. The lowest BCUT2D eigenvalue weighted by molar-refractivity contribution is 0.0606. The van der Waals surface area contributed by atoms with Crippen LogP contribution in [0.3, 0.4) is 0 Å². The van der Waals surface area contributed by atoms with Crippen LogP contribution in [0.1, 0.15) is 43.9 Å². The first-order valence-corrected chi connectivity index (χ1v) is 11.5. The van der Waals surface area contributed by atoms with E-state index in [4.69, 9.17) is 0 Å². The van der Waals surface area contributed by atoms with E-state index >= 15 is 0 Å². The van der Waals surface area contributed by atoms with Crippen molar-refractivity contribution in [1.82, 2.24) is 9.62 Å². The van der Waals surface area contributed by atoms with Crippen LogP contribution in [0.15, 0.2) is 65.6 Å². The van der Waals surface area contributed by atoms with Crippen LogP contribution >= 0.6 is 0 Å². The summed E-state index contributed by atoms with van der Waals surface area (Å²) in [6.07, 6.45) is 0.746. The second-order valence-corrected chi connectivity index (χ2v) is 9.11.